The van der Waals surface area contributed by atoms with Crippen molar-refractivity contribution in [2.24, 2.45) is 5.73 Å². The molecule has 0 aromatic heterocycles. The van der Waals surface area contributed by atoms with Gasteiger partial charge in [-0.1, -0.05) is 57.6 Å². The lowest BCUT2D eigenvalue weighted by Crippen LogP contribution is -2.12. The summed E-state index contributed by atoms with van der Waals surface area (Å²) < 4.78 is 19.0. The molecule has 0 bridgehead atoms. The second-order valence-corrected chi connectivity index (χ2v) is 5.03. The van der Waals surface area contributed by atoms with Gasteiger partial charge in [0.05, 0.1) is 7.11 Å². The van der Waals surface area contributed by atoms with E-state index in [9.17, 15) is 4.39 Å². The average Bonchev–Trinajstić information content (AvgIpc) is 2.42. The van der Waals surface area contributed by atoms with Crippen molar-refractivity contribution in [1.82, 2.24) is 0 Å². The summed E-state index contributed by atoms with van der Waals surface area (Å²) in [5.41, 5.74) is 6.63. The van der Waals surface area contributed by atoms with E-state index in [0.29, 0.717) is 5.56 Å². The highest BCUT2D eigenvalue weighted by atomic mass is 19.1. The van der Waals surface area contributed by atoms with Gasteiger partial charge in [-0.3, -0.25) is 0 Å². The monoisotopic (exact) mass is 267 g/mol. The van der Waals surface area contributed by atoms with E-state index < -0.39 is 0 Å². The minimum absolute atomic E-state index is 0.235. The average molecular weight is 267 g/mol. The molecule has 0 spiro atoms. The summed E-state index contributed by atoms with van der Waals surface area (Å²) in [6, 6.07) is 4.93. The van der Waals surface area contributed by atoms with Crippen LogP contribution in [0.15, 0.2) is 18.2 Å². The van der Waals surface area contributed by atoms with Gasteiger partial charge in [-0.05, 0) is 12.5 Å². The summed E-state index contributed by atoms with van der Waals surface area (Å²) in [7, 11) is 1.47. The summed E-state index contributed by atoms with van der Waals surface area (Å²) >= 11 is 0. The van der Waals surface area contributed by atoms with Crippen molar-refractivity contribution >= 4 is 0 Å². The Bertz CT molecular complexity index is 368. The predicted molar refractivity (Wildman–Crippen MR) is 77.9 cm³/mol. The molecule has 2 nitrogen and oxygen atoms in total. The van der Waals surface area contributed by atoms with Crippen molar-refractivity contribution in [3.05, 3.63) is 29.6 Å². The fraction of sp³-hybridized carbons (Fsp3) is 0.625. The number of ether oxygens (including phenoxy) is 1. The first-order valence-corrected chi connectivity index (χ1v) is 7.28. The zero-order chi connectivity index (χ0) is 14.1. The molecule has 0 aliphatic rings. The molecule has 1 atom stereocenters. The molecule has 19 heavy (non-hydrogen) atoms. The Morgan fingerprint density at radius 1 is 1.16 bits per heavy atom. The van der Waals surface area contributed by atoms with E-state index in [2.05, 4.69) is 6.92 Å². The Hall–Kier alpha value is -1.09. The predicted octanol–water partition coefficient (Wildman–Crippen LogP) is 4.58. The van der Waals surface area contributed by atoms with Crippen molar-refractivity contribution in [3.8, 4) is 5.75 Å². The van der Waals surface area contributed by atoms with Gasteiger partial charge < -0.3 is 10.5 Å². The van der Waals surface area contributed by atoms with Crippen LogP contribution in [-0.2, 0) is 0 Å². The molecular formula is C16H26FNO. The van der Waals surface area contributed by atoms with Crippen LogP contribution in [-0.4, -0.2) is 7.11 Å². The molecule has 1 unspecified atom stereocenters. The van der Waals surface area contributed by atoms with Gasteiger partial charge in [0.2, 0.25) is 0 Å². The summed E-state index contributed by atoms with van der Waals surface area (Å²) in [6.07, 6.45) is 8.17. The third kappa shape index (κ3) is 5.19. The van der Waals surface area contributed by atoms with E-state index in [4.69, 9.17) is 10.5 Å². The lowest BCUT2D eigenvalue weighted by Gasteiger charge is -2.14. The molecule has 0 fully saturated rings. The fourth-order valence-corrected chi connectivity index (χ4v) is 2.27. The van der Waals surface area contributed by atoms with E-state index in [-0.39, 0.29) is 17.6 Å². The van der Waals surface area contributed by atoms with Gasteiger partial charge in [0.1, 0.15) is 0 Å². The Morgan fingerprint density at radius 2 is 1.84 bits per heavy atom. The van der Waals surface area contributed by atoms with Gasteiger partial charge in [0.15, 0.2) is 11.6 Å². The molecule has 1 aromatic rings. The van der Waals surface area contributed by atoms with Gasteiger partial charge in [-0.25, -0.2) is 4.39 Å². The van der Waals surface area contributed by atoms with Crippen LogP contribution in [0.2, 0.25) is 0 Å². The Labute approximate surface area is 116 Å². The van der Waals surface area contributed by atoms with E-state index in [1.54, 1.807) is 18.2 Å². The smallest absolute Gasteiger partial charge is 0.169 e. The summed E-state index contributed by atoms with van der Waals surface area (Å²) in [6.45, 7) is 2.21. The molecular weight excluding hydrogens is 241 g/mol. The van der Waals surface area contributed by atoms with Crippen molar-refractivity contribution in [1.29, 1.82) is 0 Å². The van der Waals surface area contributed by atoms with E-state index >= 15 is 0 Å². The van der Waals surface area contributed by atoms with Crippen LogP contribution < -0.4 is 10.5 Å². The second-order valence-electron chi connectivity index (χ2n) is 5.03. The molecule has 1 rings (SSSR count). The fourth-order valence-electron chi connectivity index (χ4n) is 2.27. The van der Waals surface area contributed by atoms with Crippen molar-refractivity contribution in [3.63, 3.8) is 0 Å². The minimum atomic E-state index is -0.316. The van der Waals surface area contributed by atoms with Gasteiger partial charge in [0, 0.05) is 11.6 Å². The maximum absolute atomic E-state index is 14.0. The molecule has 2 N–H and O–H groups in total. The van der Waals surface area contributed by atoms with Crippen LogP contribution in [0.5, 0.6) is 5.75 Å². The number of rotatable bonds is 9. The van der Waals surface area contributed by atoms with Gasteiger partial charge in [0.25, 0.3) is 0 Å². The summed E-state index contributed by atoms with van der Waals surface area (Å²) in [5, 5.41) is 0. The summed E-state index contributed by atoms with van der Waals surface area (Å²) in [5.74, 6) is -0.0422. The van der Waals surface area contributed by atoms with Gasteiger partial charge in [-0.15, -0.1) is 0 Å². The maximum atomic E-state index is 14.0. The largest absolute Gasteiger partial charge is 0.494 e. The maximum Gasteiger partial charge on any atom is 0.169 e. The molecule has 1 aromatic carbocycles. The number of benzene rings is 1. The van der Waals surface area contributed by atoms with Crippen LogP contribution in [0, 0.1) is 5.82 Å². The molecule has 0 amide bonds. The molecule has 0 radical (unpaired) electrons. The Morgan fingerprint density at radius 3 is 2.53 bits per heavy atom. The zero-order valence-corrected chi connectivity index (χ0v) is 12.1. The highest BCUT2D eigenvalue weighted by molar-refractivity contribution is 5.32. The number of halogens is 1. The van der Waals surface area contributed by atoms with Crippen molar-refractivity contribution in [2.75, 3.05) is 7.11 Å². The van der Waals surface area contributed by atoms with Gasteiger partial charge >= 0.3 is 0 Å². The van der Waals surface area contributed by atoms with Crippen LogP contribution in [0.25, 0.3) is 0 Å². The number of hydrogen-bond donors (Lipinski definition) is 1. The lowest BCUT2D eigenvalue weighted by atomic mass is 9.99. The number of nitrogens with two attached hydrogens (primary N) is 1. The first-order chi connectivity index (χ1) is 9.20. The Balaban J connectivity index is 2.39. The molecule has 0 aliphatic carbocycles. The first kappa shape index (κ1) is 16.0. The molecule has 0 saturated carbocycles. The Kier molecular flexibility index (Phi) is 7.49. The van der Waals surface area contributed by atoms with E-state index in [1.807, 2.05) is 0 Å². The van der Waals surface area contributed by atoms with Crippen LogP contribution in [0.3, 0.4) is 0 Å². The van der Waals surface area contributed by atoms with Gasteiger partial charge in [-0.2, -0.15) is 0 Å². The molecule has 0 heterocycles. The highest BCUT2D eigenvalue weighted by Gasteiger charge is 2.14. The minimum Gasteiger partial charge on any atom is -0.494 e. The van der Waals surface area contributed by atoms with Crippen molar-refractivity contribution < 1.29 is 9.13 Å². The number of unbranched alkanes of at least 4 members (excludes halogenated alkanes) is 5. The normalized spacial score (nSPS) is 12.4. The highest BCUT2D eigenvalue weighted by Crippen LogP contribution is 2.26. The SMILES string of the molecule is CCCCCCCCC(N)c1cccc(OC)c1F. The number of hydrogen-bond acceptors (Lipinski definition) is 2. The number of methoxy groups -OCH3 is 1. The standard InChI is InChI=1S/C16H26FNO/c1-3-4-5-6-7-8-11-14(18)13-10-9-12-15(19-2)16(13)17/h9-10,12,14H,3-8,11,18H2,1-2H3. The third-order valence-electron chi connectivity index (χ3n) is 3.48. The third-order valence-corrected chi connectivity index (χ3v) is 3.48. The topological polar surface area (TPSA) is 35.2 Å². The molecule has 0 saturated heterocycles. The molecule has 108 valence electrons. The lowest BCUT2D eigenvalue weighted by molar-refractivity contribution is 0.381. The summed E-state index contributed by atoms with van der Waals surface area (Å²) in [4.78, 5) is 0. The zero-order valence-electron chi connectivity index (χ0n) is 12.1. The van der Waals surface area contributed by atoms with E-state index in [1.165, 1.54) is 39.2 Å². The second kappa shape index (κ2) is 8.92. The molecule has 3 heteroatoms. The first-order valence-electron chi connectivity index (χ1n) is 7.28. The van der Waals surface area contributed by atoms with Crippen LogP contribution in [0.4, 0.5) is 4.39 Å². The van der Waals surface area contributed by atoms with Crippen LogP contribution in [0.1, 0.15) is 63.5 Å². The van der Waals surface area contributed by atoms with Crippen LogP contribution >= 0.6 is 0 Å². The quantitative estimate of drug-likeness (QED) is 0.664. The van der Waals surface area contributed by atoms with E-state index in [0.717, 1.165) is 12.8 Å². The molecule has 0 aliphatic heterocycles. The van der Waals surface area contributed by atoms with Crippen molar-refractivity contribution in [2.45, 2.75) is 57.9 Å².